The van der Waals surface area contributed by atoms with Gasteiger partial charge in [-0.05, 0) is 127 Å². The molecule has 0 aliphatic rings. The third-order valence-electron chi connectivity index (χ3n) is 24.5. The number of ketones is 1. The molecule has 0 aromatic heterocycles. The maximum Gasteiger partial charge on any atom is 0.408 e. The second-order valence-electron chi connectivity index (χ2n) is 36.5. The van der Waals surface area contributed by atoms with Gasteiger partial charge in [0.15, 0.2) is 5.78 Å². The minimum Gasteiger partial charge on any atom is -0.423 e. The van der Waals surface area contributed by atoms with Crippen molar-refractivity contribution in [1.29, 1.82) is 0 Å². The molecule has 0 spiro atoms. The van der Waals surface area contributed by atoms with Crippen LogP contribution in [0.15, 0.2) is 79.6 Å². The molecule has 0 unspecified atom stereocenters. The highest BCUT2D eigenvalue weighted by Crippen LogP contribution is 2.28. The first-order valence-electron chi connectivity index (χ1n) is 47.1. The summed E-state index contributed by atoms with van der Waals surface area (Å²) in [7, 11) is -7.68. The molecule has 0 aliphatic carbocycles. The summed E-state index contributed by atoms with van der Waals surface area (Å²) in [6, 6.07) is 28.0. The molecule has 0 saturated heterocycles. The number of alkyl halides is 2. The Morgan fingerprint density at radius 2 is 0.653 bits per heavy atom. The van der Waals surface area contributed by atoms with Crippen LogP contribution >= 0.6 is 34.8 Å². The minimum atomic E-state index is -1.83. The molecule has 4 rings (SSSR count). The van der Waals surface area contributed by atoms with Gasteiger partial charge in [0, 0.05) is 84.9 Å². The van der Waals surface area contributed by atoms with Gasteiger partial charge in [-0.1, -0.05) is 398 Å². The van der Waals surface area contributed by atoms with Gasteiger partial charge in [-0.25, -0.2) is 4.79 Å². The Labute approximate surface area is 746 Å². The minimum absolute atomic E-state index is 0.0110. The zero-order chi connectivity index (χ0) is 89.5. The number of allylic oxidation sites excluding steroid dienone is 1. The van der Waals surface area contributed by atoms with E-state index in [0.717, 1.165) is 34.2 Å². The number of unbranched alkanes of at least 4 members (excludes halogenated alkanes) is 25. The standard InChI is InChI=1S/C30H56Si2.C28H52Cl2Si2.C24H41NO2Si.C16H24N2O2.C3H3ClO2/c1-9-12-14-16-18-20-23-31(5,6)29-26-28(22-11-3)30(25-27(29)4)32(7,8)24-21-19-17-15-13-10-2;1-7-9-11-13-15-17-19-31(3,4)27-21-26(24-30)28(22-25(27)23-29)32(5,6)20-18-16-14-12-10-8-2;1-8-11-12-13-14-15-16-28(6,7)23-18-21(20(5)26)19(4)17-22(23)24(27)25(9-2)10-3;1-5-17(6-2)15(19)13-9-11-14(12-10-13)16(20)18(7-3)8-4;1-2-6-3(4)5/h11,22,25-26H,9-10,12-21,23-24H2,1-8H3;21-22H,7-20,23-24H2,1-6H3;17-18H,8-16H2,1-7H3;9-12H,5-8H2,1-4H3;2H,1H2/b22-11+;;;;. The second-order valence-corrected chi connectivity index (χ2v) is 61.4. The molecule has 0 N–H and O–H groups in total. The van der Waals surface area contributed by atoms with E-state index in [4.69, 9.17) is 23.2 Å². The predicted octanol–water partition coefficient (Wildman–Crippen LogP) is 29.4. The van der Waals surface area contributed by atoms with E-state index in [9.17, 15) is 24.0 Å². The molecule has 0 fully saturated rings. The van der Waals surface area contributed by atoms with Gasteiger partial charge in [0.2, 0.25) is 0 Å². The number of aryl methyl sites for hydroxylation is 2. The summed E-state index contributed by atoms with van der Waals surface area (Å²) in [5.41, 5.74) is 8.85. The van der Waals surface area contributed by atoms with Gasteiger partial charge in [0.1, 0.15) is 0 Å². The molecular formula is C101H176Cl3N3O6Si5. The Kier molecular flexibility index (Phi) is 61.5. The SMILES string of the molecule is C/C=C/c1cc([Si](C)(C)CCCCCCCC)c(C)cc1[Si](C)(C)CCCCCCCC.C=COC(=O)Cl.CCCCCCCC[Si](C)(C)c1cc(C(C)=O)c(C)cc1C(=O)N(CC)CC.CCCCCCCC[Si](C)(C)c1cc(CCl)c([Si](C)(C)CCCCCCCC)cc1CCl.CCN(CC)C(=O)c1ccc(C(=O)N(CC)CC)cc1. The van der Waals surface area contributed by atoms with Crippen LogP contribution in [0.25, 0.3) is 6.08 Å². The van der Waals surface area contributed by atoms with Crippen LogP contribution in [0, 0.1) is 13.8 Å². The Morgan fingerprint density at radius 1 is 0.364 bits per heavy atom. The largest absolute Gasteiger partial charge is 0.423 e. The molecule has 3 amide bonds. The first kappa shape index (κ1) is 114. The fourth-order valence-electron chi connectivity index (χ4n) is 16.7. The zero-order valence-corrected chi connectivity index (χ0v) is 87.8. The zero-order valence-electron chi connectivity index (χ0n) is 80.5. The predicted molar refractivity (Wildman–Crippen MR) is 540 cm³/mol. The Hall–Kier alpha value is -4.14. The maximum absolute atomic E-state index is 13.2. The molecule has 17 heteroatoms. The van der Waals surface area contributed by atoms with Gasteiger partial charge in [-0.15, -0.1) is 23.2 Å². The molecule has 118 heavy (non-hydrogen) atoms. The van der Waals surface area contributed by atoms with Gasteiger partial charge in [-0.3, -0.25) is 19.2 Å². The fourth-order valence-corrected chi connectivity index (χ4v) is 32.3. The first-order valence-corrected chi connectivity index (χ1v) is 64.6. The van der Waals surface area contributed by atoms with Gasteiger partial charge >= 0.3 is 5.43 Å². The molecule has 0 radical (unpaired) electrons. The second kappa shape index (κ2) is 63.7. The van der Waals surface area contributed by atoms with Crippen molar-refractivity contribution in [1.82, 2.24) is 14.7 Å². The molecule has 0 saturated carbocycles. The number of hydrogen-bond acceptors (Lipinski definition) is 6. The molecular weight excluding hydrogens is 1600 g/mol. The Morgan fingerprint density at radius 3 is 0.924 bits per heavy atom. The van der Waals surface area contributed by atoms with Crippen molar-refractivity contribution in [3.05, 3.63) is 130 Å². The van der Waals surface area contributed by atoms with E-state index in [-0.39, 0.29) is 23.5 Å². The Bertz CT molecular complexity index is 3390. The molecule has 0 heterocycles. The number of rotatable bonds is 54. The van der Waals surface area contributed by atoms with Gasteiger partial charge in [0.05, 0.1) is 46.6 Å². The van der Waals surface area contributed by atoms with E-state index in [0.29, 0.717) is 62.2 Å². The highest BCUT2D eigenvalue weighted by atomic mass is 35.5. The van der Waals surface area contributed by atoms with Crippen LogP contribution in [-0.4, -0.2) is 123 Å². The lowest BCUT2D eigenvalue weighted by atomic mass is 10.0. The number of hydrogen-bond donors (Lipinski definition) is 0. The normalized spacial score (nSPS) is 11.7. The number of amides is 3. The molecule has 672 valence electrons. The molecule has 0 atom stereocenters. The van der Waals surface area contributed by atoms with Gasteiger partial charge in [0.25, 0.3) is 17.7 Å². The lowest BCUT2D eigenvalue weighted by Gasteiger charge is -2.31. The average molecular weight is 1780 g/mol. The first-order chi connectivity index (χ1) is 56.0. The third kappa shape index (κ3) is 43.0. The number of Topliss-reactive ketones (excluding diaryl/α,β-unsaturated/α-hetero) is 1. The number of ether oxygens (including phenoxy) is 1. The molecule has 9 nitrogen and oxygen atoms in total. The number of carbonyl (C=O) groups is 5. The highest BCUT2D eigenvalue weighted by Gasteiger charge is 2.35. The van der Waals surface area contributed by atoms with Crippen molar-refractivity contribution in [2.45, 2.75) is 404 Å². The average Bonchev–Trinajstić information content (AvgIpc) is 0.803. The summed E-state index contributed by atoms with van der Waals surface area (Å²) in [6.07, 6.45) is 46.7. The van der Waals surface area contributed by atoms with Crippen molar-refractivity contribution in [3.63, 3.8) is 0 Å². The van der Waals surface area contributed by atoms with Crippen LogP contribution in [-0.2, 0) is 16.5 Å². The topological polar surface area (TPSA) is 104 Å². The molecule has 4 aromatic carbocycles. The van der Waals surface area contributed by atoms with E-state index in [2.05, 4.69) is 179 Å². The summed E-state index contributed by atoms with van der Waals surface area (Å²) in [6.45, 7) is 64.1. The van der Waals surface area contributed by atoms with Crippen LogP contribution < -0.4 is 25.9 Å². The van der Waals surface area contributed by atoms with Gasteiger partial charge < -0.3 is 19.4 Å². The van der Waals surface area contributed by atoms with Crippen LogP contribution in [0.1, 0.15) is 352 Å². The summed E-state index contributed by atoms with van der Waals surface area (Å²) in [5.74, 6) is 1.50. The van der Waals surface area contributed by atoms with Crippen molar-refractivity contribution < 1.29 is 28.7 Å². The number of nitrogens with zero attached hydrogens (tertiary/aromatic N) is 3. The van der Waals surface area contributed by atoms with Crippen LogP contribution in [0.5, 0.6) is 0 Å². The van der Waals surface area contributed by atoms with Crippen molar-refractivity contribution in [3.8, 4) is 0 Å². The van der Waals surface area contributed by atoms with E-state index in [1.54, 1.807) is 72.9 Å². The van der Waals surface area contributed by atoms with E-state index >= 15 is 0 Å². The summed E-state index contributed by atoms with van der Waals surface area (Å²) < 4.78 is 3.93. The molecule has 0 bridgehead atoms. The summed E-state index contributed by atoms with van der Waals surface area (Å²) in [5, 5.41) is 7.73. The summed E-state index contributed by atoms with van der Waals surface area (Å²) >= 11 is 17.8. The van der Waals surface area contributed by atoms with E-state index in [1.807, 2.05) is 59.4 Å². The Balaban J connectivity index is 0.00000153. The summed E-state index contributed by atoms with van der Waals surface area (Å²) in [4.78, 5) is 64.6. The lowest BCUT2D eigenvalue weighted by Crippen LogP contribution is -2.48. The van der Waals surface area contributed by atoms with E-state index in [1.165, 1.54) is 228 Å². The number of halogens is 3. The number of carbonyl (C=O) groups excluding carboxylic acids is 5. The van der Waals surface area contributed by atoms with Crippen molar-refractivity contribution in [2.75, 3.05) is 39.3 Å². The molecule has 0 aliphatic heterocycles. The fraction of sp³-hybridized carbons (Fsp3) is 0.673. The van der Waals surface area contributed by atoms with Crippen molar-refractivity contribution in [2.24, 2.45) is 0 Å². The van der Waals surface area contributed by atoms with Crippen molar-refractivity contribution >= 4 is 136 Å². The third-order valence-corrected chi connectivity index (χ3v) is 42.8. The molecule has 4 aromatic rings. The number of benzene rings is 4. The monoisotopic (exact) mass is 1770 g/mol. The maximum atomic E-state index is 13.2. The quantitative estimate of drug-likeness (QED) is 0.0109. The van der Waals surface area contributed by atoms with Gasteiger partial charge in [-0.2, -0.15) is 0 Å². The lowest BCUT2D eigenvalue weighted by molar-refractivity contribution is 0.0760. The smallest absolute Gasteiger partial charge is 0.408 e. The van der Waals surface area contributed by atoms with Crippen LogP contribution in [0.4, 0.5) is 4.79 Å². The van der Waals surface area contributed by atoms with E-state index < -0.39 is 45.8 Å². The van der Waals surface area contributed by atoms with Crippen LogP contribution in [0.3, 0.4) is 0 Å². The van der Waals surface area contributed by atoms with Crippen LogP contribution in [0.2, 0.25) is 95.7 Å². The highest BCUT2D eigenvalue weighted by molar-refractivity contribution is 6.93.